The van der Waals surface area contributed by atoms with Crippen molar-refractivity contribution in [2.75, 3.05) is 19.0 Å². The molecule has 0 atom stereocenters. The van der Waals surface area contributed by atoms with Crippen LogP contribution in [0.3, 0.4) is 0 Å². The largest absolute Gasteiger partial charge is 0.423 e. The van der Waals surface area contributed by atoms with Crippen LogP contribution in [0.15, 0.2) is 46.9 Å². The van der Waals surface area contributed by atoms with Crippen molar-refractivity contribution >= 4 is 29.3 Å². The highest BCUT2D eigenvalue weighted by Gasteiger charge is 2.13. The summed E-state index contributed by atoms with van der Waals surface area (Å²) in [4.78, 5) is 6.11. The fourth-order valence-electron chi connectivity index (χ4n) is 2.07. The minimum absolute atomic E-state index is 0.312. The first kappa shape index (κ1) is 13.4. The van der Waals surface area contributed by atoms with Gasteiger partial charge in [0.15, 0.2) is 5.58 Å². The maximum atomic E-state index is 14.1. The lowest BCUT2D eigenvalue weighted by Crippen LogP contribution is -2.08. The van der Waals surface area contributed by atoms with Crippen molar-refractivity contribution in [3.63, 3.8) is 0 Å². The number of aromatic nitrogens is 1. The molecular formula is C17H15FN2O. The predicted molar refractivity (Wildman–Crippen MR) is 83.7 cm³/mol. The summed E-state index contributed by atoms with van der Waals surface area (Å²) in [7, 11) is 3.67. The molecule has 1 heterocycles. The maximum Gasteiger partial charge on any atom is 0.297 e. The predicted octanol–water partition coefficient (Wildman–Crippen LogP) is 4.20. The Kier molecular flexibility index (Phi) is 3.44. The van der Waals surface area contributed by atoms with Crippen LogP contribution >= 0.6 is 0 Å². The molecule has 0 amide bonds. The molecule has 0 saturated carbocycles. The molecule has 0 aliphatic heterocycles. The molecule has 0 N–H and O–H groups in total. The van der Waals surface area contributed by atoms with E-state index in [9.17, 15) is 4.39 Å². The van der Waals surface area contributed by atoms with Crippen molar-refractivity contribution in [2.45, 2.75) is 0 Å². The molecule has 0 spiro atoms. The van der Waals surface area contributed by atoms with Gasteiger partial charge in [0.05, 0.1) is 0 Å². The Morgan fingerprint density at radius 1 is 1.05 bits per heavy atom. The van der Waals surface area contributed by atoms with E-state index in [-0.39, 0.29) is 5.82 Å². The third-order valence-corrected chi connectivity index (χ3v) is 3.16. The quantitative estimate of drug-likeness (QED) is 0.674. The molecule has 106 valence electrons. The number of benzene rings is 2. The highest BCUT2D eigenvalue weighted by Crippen LogP contribution is 2.27. The molecule has 0 aliphatic carbocycles. The van der Waals surface area contributed by atoms with Gasteiger partial charge < -0.3 is 9.32 Å². The Labute approximate surface area is 122 Å². The number of hydrogen-bond donors (Lipinski definition) is 0. The van der Waals surface area contributed by atoms with Crippen LogP contribution < -0.4 is 4.90 Å². The van der Waals surface area contributed by atoms with Gasteiger partial charge >= 0.3 is 0 Å². The van der Waals surface area contributed by atoms with Crippen LogP contribution in [-0.4, -0.2) is 19.1 Å². The third-order valence-electron chi connectivity index (χ3n) is 3.16. The van der Waals surface area contributed by atoms with Crippen LogP contribution in [0.4, 0.5) is 10.4 Å². The van der Waals surface area contributed by atoms with Crippen molar-refractivity contribution in [3.8, 4) is 0 Å². The first-order valence-electron chi connectivity index (χ1n) is 6.64. The van der Waals surface area contributed by atoms with Gasteiger partial charge in [-0.05, 0) is 23.8 Å². The van der Waals surface area contributed by atoms with E-state index in [0.717, 1.165) is 5.56 Å². The van der Waals surface area contributed by atoms with Crippen molar-refractivity contribution < 1.29 is 8.81 Å². The summed E-state index contributed by atoms with van der Waals surface area (Å²) >= 11 is 0. The van der Waals surface area contributed by atoms with E-state index >= 15 is 0 Å². The summed E-state index contributed by atoms with van der Waals surface area (Å²) in [6.45, 7) is 0. The monoisotopic (exact) mass is 282 g/mol. The number of anilines is 1. The Morgan fingerprint density at radius 3 is 2.52 bits per heavy atom. The smallest absolute Gasteiger partial charge is 0.297 e. The standard InChI is InChI=1S/C17H15FN2O/c1-20(2)17-19-16-13(14(18)10-11-15(16)21-17)9-8-12-6-4-3-5-7-12/h3-11H,1-2H3. The Hall–Kier alpha value is -2.62. The van der Waals surface area contributed by atoms with E-state index in [2.05, 4.69) is 4.98 Å². The molecule has 0 fully saturated rings. The van der Waals surface area contributed by atoms with Gasteiger partial charge in [0, 0.05) is 19.7 Å². The maximum absolute atomic E-state index is 14.1. The molecular weight excluding hydrogens is 267 g/mol. The van der Waals surface area contributed by atoms with Crippen LogP contribution in [-0.2, 0) is 0 Å². The summed E-state index contributed by atoms with van der Waals surface area (Å²) in [5, 5.41) is 0. The Bertz CT molecular complexity index is 791. The highest BCUT2D eigenvalue weighted by atomic mass is 19.1. The molecule has 0 saturated heterocycles. The number of halogens is 1. The number of rotatable bonds is 3. The van der Waals surface area contributed by atoms with Gasteiger partial charge in [-0.15, -0.1) is 0 Å². The number of nitrogens with zero attached hydrogens (tertiary/aromatic N) is 2. The SMILES string of the molecule is CN(C)c1nc2c(C=Cc3ccccc3)c(F)ccc2o1. The van der Waals surface area contributed by atoms with Crippen molar-refractivity contribution in [3.05, 3.63) is 59.4 Å². The first-order chi connectivity index (χ1) is 10.1. The fourth-order valence-corrected chi connectivity index (χ4v) is 2.07. The summed E-state index contributed by atoms with van der Waals surface area (Å²) in [6.07, 6.45) is 3.59. The molecule has 0 bridgehead atoms. The number of fused-ring (bicyclic) bond motifs is 1. The average Bonchev–Trinajstić information content (AvgIpc) is 2.92. The summed E-state index contributed by atoms with van der Waals surface area (Å²) in [6, 6.07) is 13.2. The van der Waals surface area contributed by atoms with E-state index in [1.807, 2.05) is 50.5 Å². The lowest BCUT2D eigenvalue weighted by Gasteiger charge is -2.03. The highest BCUT2D eigenvalue weighted by molar-refractivity contribution is 5.88. The average molecular weight is 282 g/mol. The number of oxazole rings is 1. The zero-order chi connectivity index (χ0) is 14.8. The van der Waals surface area contributed by atoms with Crippen LogP contribution in [0.25, 0.3) is 23.3 Å². The van der Waals surface area contributed by atoms with Crippen LogP contribution in [0.5, 0.6) is 0 Å². The van der Waals surface area contributed by atoms with Crippen LogP contribution in [0.2, 0.25) is 0 Å². The summed E-state index contributed by atoms with van der Waals surface area (Å²) < 4.78 is 19.7. The first-order valence-corrected chi connectivity index (χ1v) is 6.64. The molecule has 2 aromatic carbocycles. The van der Waals surface area contributed by atoms with Gasteiger partial charge in [-0.2, -0.15) is 4.98 Å². The molecule has 3 nitrogen and oxygen atoms in total. The molecule has 0 aliphatic rings. The zero-order valence-electron chi connectivity index (χ0n) is 11.9. The lowest BCUT2D eigenvalue weighted by atomic mass is 10.1. The van der Waals surface area contributed by atoms with E-state index in [1.54, 1.807) is 17.0 Å². The van der Waals surface area contributed by atoms with Gasteiger partial charge in [0.1, 0.15) is 11.3 Å². The second-order valence-corrected chi connectivity index (χ2v) is 4.94. The van der Waals surface area contributed by atoms with Crippen LogP contribution in [0, 0.1) is 5.82 Å². The molecule has 4 heteroatoms. The van der Waals surface area contributed by atoms with Gasteiger partial charge in [-0.25, -0.2) is 4.39 Å². The van der Waals surface area contributed by atoms with Crippen molar-refractivity contribution in [2.24, 2.45) is 0 Å². The van der Waals surface area contributed by atoms with E-state index in [1.165, 1.54) is 6.07 Å². The Balaban J connectivity index is 2.08. The topological polar surface area (TPSA) is 29.3 Å². The second-order valence-electron chi connectivity index (χ2n) is 4.94. The molecule has 0 unspecified atom stereocenters. The zero-order valence-corrected chi connectivity index (χ0v) is 11.9. The Morgan fingerprint density at radius 2 is 1.81 bits per heavy atom. The molecule has 3 rings (SSSR count). The van der Waals surface area contributed by atoms with Gasteiger partial charge in [0.25, 0.3) is 6.01 Å². The second kappa shape index (κ2) is 5.40. The fraction of sp³-hybridized carbons (Fsp3) is 0.118. The number of hydrogen-bond acceptors (Lipinski definition) is 3. The molecule has 1 aromatic heterocycles. The third kappa shape index (κ3) is 2.65. The van der Waals surface area contributed by atoms with E-state index < -0.39 is 0 Å². The molecule has 0 radical (unpaired) electrons. The molecule has 21 heavy (non-hydrogen) atoms. The lowest BCUT2D eigenvalue weighted by molar-refractivity contribution is 0.594. The summed E-state index contributed by atoms with van der Waals surface area (Å²) in [5.41, 5.74) is 2.55. The van der Waals surface area contributed by atoms with Crippen molar-refractivity contribution in [1.29, 1.82) is 0 Å². The van der Waals surface area contributed by atoms with Gasteiger partial charge in [-0.1, -0.05) is 36.4 Å². The van der Waals surface area contributed by atoms with Crippen molar-refractivity contribution in [1.82, 2.24) is 4.98 Å². The summed E-state index contributed by atoms with van der Waals surface area (Å²) in [5.74, 6) is -0.312. The molecule has 3 aromatic rings. The van der Waals surface area contributed by atoms with E-state index in [0.29, 0.717) is 22.7 Å². The minimum atomic E-state index is -0.312. The normalized spacial score (nSPS) is 11.4. The van der Waals surface area contributed by atoms with E-state index in [4.69, 9.17) is 4.42 Å². The van der Waals surface area contributed by atoms with Gasteiger partial charge in [-0.3, -0.25) is 0 Å². The minimum Gasteiger partial charge on any atom is -0.423 e. The van der Waals surface area contributed by atoms with Gasteiger partial charge in [0.2, 0.25) is 0 Å². The van der Waals surface area contributed by atoms with Crippen LogP contribution in [0.1, 0.15) is 11.1 Å².